The Kier molecular flexibility index (Phi) is 3.49. The van der Waals surface area contributed by atoms with Crippen LogP contribution < -0.4 is 0 Å². The topological polar surface area (TPSA) is 61.8 Å². The minimum absolute atomic E-state index is 0.0407. The zero-order valence-corrected chi connectivity index (χ0v) is 13.7. The molecule has 2 fully saturated rings. The molecule has 0 saturated carbocycles. The first-order valence-corrected chi connectivity index (χ1v) is 8.25. The molecule has 4 rings (SSSR count). The predicted molar refractivity (Wildman–Crippen MR) is 86.1 cm³/mol. The number of esters is 2. The third-order valence-corrected chi connectivity index (χ3v) is 5.35. The van der Waals surface area contributed by atoms with Crippen LogP contribution in [0.1, 0.15) is 37.3 Å². The van der Waals surface area contributed by atoms with E-state index in [1.807, 2.05) is 12.1 Å². The van der Waals surface area contributed by atoms with Gasteiger partial charge in [0.25, 0.3) is 0 Å². The molecule has 0 N–H and O–H groups in total. The quantitative estimate of drug-likeness (QED) is 0.798. The smallest absolute Gasteiger partial charge is 0.302 e. The largest absolute Gasteiger partial charge is 0.465 e. The van der Waals surface area contributed by atoms with Crippen molar-refractivity contribution in [3.63, 3.8) is 0 Å². The van der Waals surface area contributed by atoms with E-state index in [1.165, 1.54) is 25.0 Å². The first-order valence-electron chi connectivity index (χ1n) is 8.25. The Morgan fingerprint density at radius 1 is 1.25 bits per heavy atom. The minimum atomic E-state index is -0.483. The summed E-state index contributed by atoms with van der Waals surface area (Å²) in [6.07, 6.45) is 4.20. The van der Waals surface area contributed by atoms with E-state index in [-0.39, 0.29) is 42.8 Å². The highest BCUT2D eigenvalue weighted by Gasteiger charge is 2.65. The third kappa shape index (κ3) is 2.18. The van der Waals surface area contributed by atoms with Crippen molar-refractivity contribution in [1.29, 1.82) is 0 Å². The van der Waals surface area contributed by atoms with Gasteiger partial charge in [0.1, 0.15) is 18.8 Å². The summed E-state index contributed by atoms with van der Waals surface area (Å²) >= 11 is 0. The van der Waals surface area contributed by atoms with Crippen LogP contribution >= 0.6 is 0 Å². The summed E-state index contributed by atoms with van der Waals surface area (Å²) in [5.41, 5.74) is 1.89. The van der Waals surface area contributed by atoms with Gasteiger partial charge in [0, 0.05) is 26.2 Å². The second-order valence-electron chi connectivity index (χ2n) is 6.81. The van der Waals surface area contributed by atoms with Gasteiger partial charge in [-0.3, -0.25) is 9.59 Å². The standard InChI is InChI=1S/C19H20O5/c1-11(20)22-10-19-8-7-13-5-3-4-6-14(13)17(19)15-9-16(18(19)24-15)23-12(2)21/h3-8,15-18H,9-10H2,1-2H3/t15-,16-,17+,18+,19+/m1/s1. The number of rotatable bonds is 3. The molecule has 0 radical (unpaired) electrons. The molecule has 2 aliphatic heterocycles. The maximum atomic E-state index is 11.4. The van der Waals surface area contributed by atoms with Crippen molar-refractivity contribution in [2.75, 3.05) is 6.61 Å². The lowest BCUT2D eigenvalue weighted by atomic mass is 9.60. The van der Waals surface area contributed by atoms with Crippen LogP contribution in [0.4, 0.5) is 0 Å². The van der Waals surface area contributed by atoms with Crippen molar-refractivity contribution < 1.29 is 23.8 Å². The molecule has 1 aromatic rings. The van der Waals surface area contributed by atoms with Crippen molar-refractivity contribution in [2.24, 2.45) is 5.41 Å². The highest BCUT2D eigenvalue weighted by molar-refractivity contribution is 5.67. The summed E-state index contributed by atoms with van der Waals surface area (Å²) < 4.78 is 17.1. The molecule has 0 aromatic heterocycles. The van der Waals surface area contributed by atoms with E-state index in [2.05, 4.69) is 24.3 Å². The van der Waals surface area contributed by atoms with Gasteiger partial charge in [0.2, 0.25) is 0 Å². The lowest BCUT2D eigenvalue weighted by Crippen LogP contribution is -2.50. The molecule has 2 heterocycles. The van der Waals surface area contributed by atoms with E-state index in [4.69, 9.17) is 14.2 Å². The van der Waals surface area contributed by atoms with Gasteiger partial charge < -0.3 is 14.2 Å². The van der Waals surface area contributed by atoms with Crippen LogP contribution in [0.15, 0.2) is 30.3 Å². The third-order valence-electron chi connectivity index (χ3n) is 5.35. The van der Waals surface area contributed by atoms with E-state index in [0.717, 1.165) is 0 Å². The van der Waals surface area contributed by atoms with E-state index in [0.29, 0.717) is 6.42 Å². The van der Waals surface area contributed by atoms with Crippen LogP contribution in [0.3, 0.4) is 0 Å². The fourth-order valence-electron chi connectivity index (χ4n) is 4.54. The molecule has 0 amide bonds. The monoisotopic (exact) mass is 328 g/mol. The van der Waals surface area contributed by atoms with Gasteiger partial charge >= 0.3 is 11.9 Å². The number of carbonyl (C=O) groups excluding carboxylic acids is 2. The van der Waals surface area contributed by atoms with Gasteiger partial charge in [0.05, 0.1) is 11.5 Å². The fraction of sp³-hybridized carbons (Fsp3) is 0.474. The lowest BCUT2D eigenvalue weighted by Gasteiger charge is -2.43. The van der Waals surface area contributed by atoms with Gasteiger partial charge in [-0.25, -0.2) is 0 Å². The zero-order valence-electron chi connectivity index (χ0n) is 13.7. The lowest BCUT2D eigenvalue weighted by molar-refractivity contribution is -0.156. The molecule has 5 atom stereocenters. The fourth-order valence-corrected chi connectivity index (χ4v) is 4.54. The second kappa shape index (κ2) is 5.45. The Morgan fingerprint density at radius 2 is 2.04 bits per heavy atom. The van der Waals surface area contributed by atoms with Gasteiger partial charge in [-0.2, -0.15) is 0 Å². The Balaban J connectivity index is 1.75. The first kappa shape index (κ1) is 15.4. The normalized spacial score (nSPS) is 35.2. The van der Waals surface area contributed by atoms with E-state index >= 15 is 0 Å². The van der Waals surface area contributed by atoms with Crippen molar-refractivity contribution in [1.82, 2.24) is 0 Å². The van der Waals surface area contributed by atoms with Gasteiger partial charge in [-0.15, -0.1) is 0 Å². The second-order valence-corrected chi connectivity index (χ2v) is 6.81. The first-order chi connectivity index (χ1) is 11.5. The van der Waals surface area contributed by atoms with Crippen LogP contribution in [0.2, 0.25) is 0 Å². The maximum Gasteiger partial charge on any atom is 0.302 e. The van der Waals surface area contributed by atoms with Crippen LogP contribution in [0, 0.1) is 5.41 Å². The summed E-state index contributed by atoms with van der Waals surface area (Å²) in [7, 11) is 0. The van der Waals surface area contributed by atoms with Crippen LogP contribution in [-0.2, 0) is 23.8 Å². The summed E-state index contributed by atoms with van der Waals surface area (Å²) in [6.45, 7) is 3.05. The zero-order chi connectivity index (χ0) is 16.9. The van der Waals surface area contributed by atoms with E-state index in [9.17, 15) is 9.59 Å². The summed E-state index contributed by atoms with van der Waals surface area (Å²) in [4.78, 5) is 22.8. The number of ether oxygens (including phenoxy) is 3. The van der Waals surface area contributed by atoms with Crippen molar-refractivity contribution in [3.05, 3.63) is 41.5 Å². The van der Waals surface area contributed by atoms with E-state index in [1.54, 1.807) is 0 Å². The molecule has 2 bridgehead atoms. The number of benzene rings is 1. The molecule has 1 aromatic carbocycles. The number of carbonyl (C=O) groups is 2. The van der Waals surface area contributed by atoms with Gasteiger partial charge in [-0.05, 0) is 11.1 Å². The molecule has 1 aliphatic carbocycles. The maximum absolute atomic E-state index is 11.4. The summed E-state index contributed by atoms with van der Waals surface area (Å²) in [6, 6.07) is 8.22. The molecule has 0 spiro atoms. The van der Waals surface area contributed by atoms with Crippen LogP contribution in [0.25, 0.3) is 6.08 Å². The predicted octanol–water partition coefficient (Wildman–Crippen LogP) is 2.45. The molecule has 2 saturated heterocycles. The molecule has 5 heteroatoms. The molecule has 0 unspecified atom stereocenters. The number of hydrogen-bond donors (Lipinski definition) is 0. The SMILES string of the molecule is CC(=O)OC[C@@]12C=Cc3ccccc3[C@H]1[C@H]1C[C@@H](OC(C)=O)[C@@H]2O1. The average molecular weight is 328 g/mol. The van der Waals surface area contributed by atoms with E-state index < -0.39 is 5.41 Å². The molecule has 126 valence electrons. The summed E-state index contributed by atoms with van der Waals surface area (Å²) in [5.74, 6) is -0.521. The highest BCUT2D eigenvalue weighted by Crippen LogP contribution is 2.60. The van der Waals surface area contributed by atoms with Gasteiger partial charge in [0.15, 0.2) is 0 Å². The molecular formula is C19H20O5. The molecular weight excluding hydrogens is 308 g/mol. The average Bonchev–Trinajstić information content (AvgIpc) is 3.09. The molecule has 3 aliphatic rings. The Bertz CT molecular complexity index is 724. The van der Waals surface area contributed by atoms with Crippen molar-refractivity contribution in [2.45, 2.75) is 44.5 Å². The van der Waals surface area contributed by atoms with Crippen LogP contribution in [-0.4, -0.2) is 36.9 Å². The Hall–Kier alpha value is -2.14. The Morgan fingerprint density at radius 3 is 2.79 bits per heavy atom. The molecule has 24 heavy (non-hydrogen) atoms. The Labute approximate surface area is 140 Å². The highest BCUT2D eigenvalue weighted by atomic mass is 16.6. The van der Waals surface area contributed by atoms with Gasteiger partial charge in [-0.1, -0.05) is 36.4 Å². The van der Waals surface area contributed by atoms with Crippen molar-refractivity contribution >= 4 is 18.0 Å². The molecule has 5 nitrogen and oxygen atoms in total. The summed E-state index contributed by atoms with van der Waals surface area (Å²) in [5, 5.41) is 0. The number of hydrogen-bond acceptors (Lipinski definition) is 5. The van der Waals surface area contributed by atoms with Crippen molar-refractivity contribution in [3.8, 4) is 0 Å². The number of fused-ring (bicyclic) bond motifs is 7. The van der Waals surface area contributed by atoms with Crippen LogP contribution in [0.5, 0.6) is 0 Å². The minimum Gasteiger partial charge on any atom is -0.465 e.